The van der Waals surface area contributed by atoms with Crippen molar-refractivity contribution >= 4 is 28.4 Å². The molecule has 0 bridgehead atoms. The van der Waals surface area contributed by atoms with Crippen LogP contribution in [-0.4, -0.2) is 21.1 Å². The van der Waals surface area contributed by atoms with Gasteiger partial charge in [0.1, 0.15) is 5.78 Å². The van der Waals surface area contributed by atoms with Crippen LogP contribution in [0.5, 0.6) is 0 Å². The van der Waals surface area contributed by atoms with E-state index in [-0.39, 0.29) is 17.1 Å². The molecule has 0 aliphatic heterocycles. The van der Waals surface area contributed by atoms with Gasteiger partial charge in [-0.1, -0.05) is 43.0 Å². The number of fused-ring (bicyclic) bond motifs is 1. The first-order chi connectivity index (χ1) is 11.6. The lowest BCUT2D eigenvalue weighted by Gasteiger charge is -2.13. The first kappa shape index (κ1) is 16.5. The van der Waals surface area contributed by atoms with Crippen LogP contribution in [0, 0.1) is 0 Å². The topological polar surface area (TPSA) is 52.0 Å². The molecule has 2 aromatic carbocycles. The number of aryl methyl sites for hydroxylation is 1. The van der Waals surface area contributed by atoms with Gasteiger partial charge < -0.3 is 0 Å². The third-order valence-electron chi connectivity index (χ3n) is 3.75. The fourth-order valence-corrected chi connectivity index (χ4v) is 3.30. The number of Topliss-reactive ketones (excluding diaryl/α,β-unsaturated/α-hetero) is 1. The number of ketones is 1. The molecular formula is C19H18N2O2S. The molecule has 3 rings (SSSR count). The first-order valence-corrected chi connectivity index (χ1v) is 8.82. The summed E-state index contributed by atoms with van der Waals surface area (Å²) in [5.74, 6) is 0.341. The van der Waals surface area contributed by atoms with Crippen LogP contribution < -0.4 is 5.56 Å². The Labute approximate surface area is 144 Å². The molecule has 0 spiro atoms. The highest BCUT2D eigenvalue weighted by Crippen LogP contribution is 2.21. The molecule has 0 saturated carbocycles. The first-order valence-electron chi connectivity index (χ1n) is 7.83. The molecule has 3 aromatic rings. The second kappa shape index (κ2) is 7.01. The normalized spacial score (nSPS) is 10.9. The van der Waals surface area contributed by atoms with Crippen molar-refractivity contribution in [1.29, 1.82) is 0 Å². The smallest absolute Gasteiger partial charge is 0.266 e. The van der Waals surface area contributed by atoms with E-state index in [9.17, 15) is 9.59 Å². The maximum atomic E-state index is 13.0. The molecule has 1 aromatic heterocycles. The van der Waals surface area contributed by atoms with Crippen LogP contribution in [0.1, 0.15) is 19.4 Å². The molecule has 5 heteroatoms. The van der Waals surface area contributed by atoms with Gasteiger partial charge in [-0.2, -0.15) is 0 Å². The predicted octanol–water partition coefficient (Wildman–Crippen LogP) is 3.63. The Hall–Kier alpha value is -2.40. The minimum Gasteiger partial charge on any atom is -0.299 e. The van der Waals surface area contributed by atoms with Gasteiger partial charge in [-0.15, -0.1) is 0 Å². The number of rotatable bonds is 5. The van der Waals surface area contributed by atoms with E-state index in [1.165, 1.54) is 24.2 Å². The molecule has 0 aliphatic carbocycles. The Bertz CT molecular complexity index is 946. The molecule has 0 radical (unpaired) electrons. The molecule has 0 fully saturated rings. The van der Waals surface area contributed by atoms with Crippen molar-refractivity contribution < 1.29 is 4.79 Å². The summed E-state index contributed by atoms with van der Waals surface area (Å²) in [4.78, 5) is 28.9. The summed E-state index contributed by atoms with van der Waals surface area (Å²) in [6, 6.07) is 15.2. The van der Waals surface area contributed by atoms with Crippen LogP contribution in [0.4, 0.5) is 0 Å². The number of thioether (sulfide) groups is 1. The zero-order valence-corrected chi connectivity index (χ0v) is 14.5. The van der Waals surface area contributed by atoms with Gasteiger partial charge in [-0.25, -0.2) is 4.98 Å². The van der Waals surface area contributed by atoms with Gasteiger partial charge in [-0.05, 0) is 43.2 Å². The van der Waals surface area contributed by atoms with Crippen molar-refractivity contribution in [2.24, 2.45) is 0 Å². The molecule has 0 aliphatic rings. The third kappa shape index (κ3) is 3.26. The van der Waals surface area contributed by atoms with E-state index >= 15 is 0 Å². The standard InChI is InChI=1S/C19H18N2O2S/c1-3-14-8-10-15(11-9-14)21-18(23)16-6-4-5-7-17(16)20-19(21)24-12-13(2)22/h4-11H,3,12H2,1-2H3. The Morgan fingerprint density at radius 2 is 1.83 bits per heavy atom. The molecule has 4 nitrogen and oxygen atoms in total. The molecule has 0 saturated heterocycles. The maximum absolute atomic E-state index is 13.0. The van der Waals surface area contributed by atoms with E-state index in [0.29, 0.717) is 16.1 Å². The molecular weight excluding hydrogens is 320 g/mol. The zero-order chi connectivity index (χ0) is 17.1. The highest BCUT2D eigenvalue weighted by molar-refractivity contribution is 7.99. The summed E-state index contributed by atoms with van der Waals surface area (Å²) in [5.41, 5.74) is 2.51. The van der Waals surface area contributed by atoms with E-state index in [2.05, 4.69) is 11.9 Å². The molecule has 122 valence electrons. The summed E-state index contributed by atoms with van der Waals surface area (Å²) in [5, 5.41) is 1.11. The van der Waals surface area contributed by atoms with Crippen molar-refractivity contribution in [3.8, 4) is 5.69 Å². The quantitative estimate of drug-likeness (QED) is 0.526. The Morgan fingerprint density at radius 3 is 2.50 bits per heavy atom. The summed E-state index contributed by atoms with van der Waals surface area (Å²) < 4.78 is 1.59. The zero-order valence-electron chi connectivity index (χ0n) is 13.7. The van der Waals surface area contributed by atoms with Gasteiger partial charge >= 0.3 is 0 Å². The summed E-state index contributed by atoms with van der Waals surface area (Å²) in [6.45, 7) is 3.62. The van der Waals surface area contributed by atoms with Gasteiger partial charge in [0.2, 0.25) is 0 Å². The number of nitrogens with zero attached hydrogens (tertiary/aromatic N) is 2. The van der Waals surface area contributed by atoms with Crippen molar-refractivity contribution in [2.45, 2.75) is 25.4 Å². The van der Waals surface area contributed by atoms with E-state index in [4.69, 9.17) is 0 Å². The van der Waals surface area contributed by atoms with Crippen LogP contribution in [0.2, 0.25) is 0 Å². The lowest BCUT2D eigenvalue weighted by Crippen LogP contribution is -2.22. The third-order valence-corrected chi connectivity index (χ3v) is 4.84. The molecule has 24 heavy (non-hydrogen) atoms. The minimum absolute atomic E-state index is 0.0512. The number of hydrogen-bond acceptors (Lipinski definition) is 4. The number of carbonyl (C=O) groups excluding carboxylic acids is 1. The number of aromatic nitrogens is 2. The van der Waals surface area contributed by atoms with E-state index < -0.39 is 0 Å². The molecule has 1 heterocycles. The SMILES string of the molecule is CCc1ccc(-n2c(SCC(C)=O)nc3ccccc3c2=O)cc1. The molecule has 0 unspecified atom stereocenters. The number of carbonyl (C=O) groups is 1. The number of hydrogen-bond donors (Lipinski definition) is 0. The molecule has 0 atom stereocenters. The highest BCUT2D eigenvalue weighted by atomic mass is 32.2. The van der Waals surface area contributed by atoms with Gasteiger partial charge in [0.15, 0.2) is 5.16 Å². The predicted molar refractivity (Wildman–Crippen MR) is 98.1 cm³/mol. The lowest BCUT2D eigenvalue weighted by molar-refractivity contribution is -0.114. The second-order valence-electron chi connectivity index (χ2n) is 5.56. The highest BCUT2D eigenvalue weighted by Gasteiger charge is 2.13. The van der Waals surface area contributed by atoms with E-state index in [0.717, 1.165) is 12.1 Å². The Kier molecular flexibility index (Phi) is 4.81. The van der Waals surface area contributed by atoms with Crippen LogP contribution in [0.25, 0.3) is 16.6 Å². The summed E-state index contributed by atoms with van der Waals surface area (Å²) in [6.07, 6.45) is 0.942. The van der Waals surface area contributed by atoms with Gasteiger partial charge in [0.05, 0.1) is 22.3 Å². The fraction of sp³-hybridized carbons (Fsp3) is 0.211. The molecule has 0 N–H and O–H groups in total. The van der Waals surface area contributed by atoms with Crippen molar-refractivity contribution in [1.82, 2.24) is 9.55 Å². The number of para-hydroxylation sites is 1. The van der Waals surface area contributed by atoms with Crippen molar-refractivity contribution in [2.75, 3.05) is 5.75 Å². The van der Waals surface area contributed by atoms with E-state index in [1.807, 2.05) is 42.5 Å². The Morgan fingerprint density at radius 1 is 1.12 bits per heavy atom. The van der Waals surface area contributed by atoms with Crippen LogP contribution in [-0.2, 0) is 11.2 Å². The van der Waals surface area contributed by atoms with Crippen molar-refractivity contribution in [3.05, 3.63) is 64.4 Å². The van der Waals surface area contributed by atoms with Crippen LogP contribution in [0.15, 0.2) is 58.5 Å². The summed E-state index contributed by atoms with van der Waals surface area (Å²) in [7, 11) is 0. The minimum atomic E-state index is -0.115. The van der Waals surface area contributed by atoms with Crippen molar-refractivity contribution in [3.63, 3.8) is 0 Å². The van der Waals surface area contributed by atoms with Gasteiger partial charge in [-0.3, -0.25) is 14.2 Å². The van der Waals surface area contributed by atoms with Gasteiger partial charge in [0, 0.05) is 0 Å². The largest absolute Gasteiger partial charge is 0.299 e. The second-order valence-corrected chi connectivity index (χ2v) is 6.51. The van der Waals surface area contributed by atoms with Gasteiger partial charge in [0.25, 0.3) is 5.56 Å². The summed E-state index contributed by atoms with van der Waals surface area (Å²) >= 11 is 1.29. The monoisotopic (exact) mass is 338 g/mol. The average molecular weight is 338 g/mol. The van der Waals surface area contributed by atoms with E-state index in [1.54, 1.807) is 10.6 Å². The average Bonchev–Trinajstić information content (AvgIpc) is 2.60. The van der Waals surface area contributed by atoms with Crippen LogP contribution >= 0.6 is 11.8 Å². The number of benzene rings is 2. The van der Waals surface area contributed by atoms with Crippen LogP contribution in [0.3, 0.4) is 0 Å². The molecule has 0 amide bonds. The maximum Gasteiger partial charge on any atom is 0.266 e. The lowest BCUT2D eigenvalue weighted by atomic mass is 10.1. The fourth-order valence-electron chi connectivity index (χ4n) is 2.48. The Balaban J connectivity index is 2.21.